The van der Waals surface area contributed by atoms with E-state index in [0.29, 0.717) is 5.57 Å². The normalized spacial score (nSPS) is 11.8. The summed E-state index contributed by atoms with van der Waals surface area (Å²) in [6.07, 6.45) is 0.172. The number of hydrazine groups is 1. The Bertz CT molecular complexity index is 379. The van der Waals surface area contributed by atoms with Crippen molar-refractivity contribution in [3.8, 4) is 0 Å². The fraction of sp³-hybridized carbons (Fsp3) is 0.250. The Morgan fingerprint density at radius 1 is 1.35 bits per heavy atom. The van der Waals surface area contributed by atoms with Crippen molar-refractivity contribution in [2.24, 2.45) is 0 Å². The molecule has 0 heterocycles. The van der Waals surface area contributed by atoms with Crippen LogP contribution in [0.3, 0.4) is 0 Å². The van der Waals surface area contributed by atoms with Crippen LogP contribution in [0.15, 0.2) is 42.5 Å². The molecule has 0 saturated carbocycles. The summed E-state index contributed by atoms with van der Waals surface area (Å²) in [5.74, 6) is -0.997. The molecule has 0 aliphatic rings. The number of rotatable bonds is 7. The minimum absolute atomic E-state index is 0.172. The number of nitrogens with one attached hydrogen (secondary N) is 2. The van der Waals surface area contributed by atoms with Crippen molar-refractivity contribution in [1.29, 1.82) is 0 Å². The van der Waals surface area contributed by atoms with Crippen molar-refractivity contribution >= 4 is 11.7 Å². The van der Waals surface area contributed by atoms with Crippen molar-refractivity contribution in [3.05, 3.63) is 42.5 Å². The molecule has 92 valence electrons. The number of aliphatic hydroxyl groups excluding tert-OH is 1. The van der Waals surface area contributed by atoms with Crippen LogP contribution in [0.2, 0.25) is 0 Å². The van der Waals surface area contributed by atoms with Crippen LogP contribution >= 0.6 is 0 Å². The lowest BCUT2D eigenvalue weighted by molar-refractivity contribution is -0.139. The van der Waals surface area contributed by atoms with Gasteiger partial charge in [-0.1, -0.05) is 24.8 Å². The SMILES string of the molecule is C=C(CO)CC(NNc1ccccc1)C(=O)O. The number of carboxylic acid groups (broad SMARTS) is 1. The lowest BCUT2D eigenvalue weighted by Gasteiger charge is -2.16. The van der Waals surface area contributed by atoms with Gasteiger partial charge in [-0.2, -0.15) is 0 Å². The van der Waals surface area contributed by atoms with Gasteiger partial charge in [-0.15, -0.1) is 0 Å². The lowest BCUT2D eigenvalue weighted by Crippen LogP contribution is -2.40. The number of benzene rings is 1. The van der Waals surface area contributed by atoms with Gasteiger partial charge in [-0.25, -0.2) is 5.43 Å². The Kier molecular flexibility index (Phi) is 5.19. The van der Waals surface area contributed by atoms with E-state index in [1.165, 1.54) is 0 Å². The zero-order valence-electron chi connectivity index (χ0n) is 9.39. The third kappa shape index (κ3) is 4.67. The van der Waals surface area contributed by atoms with Crippen molar-refractivity contribution in [3.63, 3.8) is 0 Å². The monoisotopic (exact) mass is 236 g/mol. The molecule has 17 heavy (non-hydrogen) atoms. The van der Waals surface area contributed by atoms with E-state index in [9.17, 15) is 4.79 Å². The number of aliphatic carboxylic acids is 1. The predicted molar refractivity (Wildman–Crippen MR) is 65.5 cm³/mol. The number of para-hydroxylation sites is 1. The van der Waals surface area contributed by atoms with Gasteiger partial charge in [0.25, 0.3) is 0 Å². The molecule has 0 bridgehead atoms. The fourth-order valence-electron chi connectivity index (χ4n) is 1.25. The third-order valence-corrected chi connectivity index (χ3v) is 2.18. The Morgan fingerprint density at radius 2 is 2.00 bits per heavy atom. The summed E-state index contributed by atoms with van der Waals surface area (Å²) < 4.78 is 0. The molecule has 1 rings (SSSR count). The molecule has 5 heteroatoms. The Balaban J connectivity index is 2.50. The molecule has 0 aliphatic heterocycles. The van der Waals surface area contributed by atoms with E-state index in [4.69, 9.17) is 10.2 Å². The molecule has 0 fully saturated rings. The van der Waals surface area contributed by atoms with Crippen LogP contribution in [0.4, 0.5) is 5.69 Å². The van der Waals surface area contributed by atoms with E-state index in [1.807, 2.05) is 30.3 Å². The van der Waals surface area contributed by atoms with E-state index in [-0.39, 0.29) is 13.0 Å². The van der Waals surface area contributed by atoms with E-state index in [1.54, 1.807) is 0 Å². The van der Waals surface area contributed by atoms with Gasteiger partial charge in [0.1, 0.15) is 6.04 Å². The summed E-state index contributed by atoms with van der Waals surface area (Å²) in [6, 6.07) is 8.35. The maximum Gasteiger partial charge on any atom is 0.322 e. The van der Waals surface area contributed by atoms with E-state index in [2.05, 4.69) is 17.4 Å². The smallest absolute Gasteiger partial charge is 0.322 e. The first kappa shape index (κ1) is 13.2. The van der Waals surface area contributed by atoms with E-state index >= 15 is 0 Å². The maximum atomic E-state index is 10.9. The third-order valence-electron chi connectivity index (χ3n) is 2.18. The topological polar surface area (TPSA) is 81.6 Å². The van der Waals surface area contributed by atoms with Crippen molar-refractivity contribution in [1.82, 2.24) is 5.43 Å². The quantitative estimate of drug-likeness (QED) is 0.419. The number of anilines is 1. The van der Waals surface area contributed by atoms with Crippen LogP contribution in [0, 0.1) is 0 Å². The number of hydrogen-bond acceptors (Lipinski definition) is 4. The van der Waals surface area contributed by atoms with Gasteiger partial charge in [0, 0.05) is 5.69 Å². The molecule has 0 radical (unpaired) electrons. The summed E-state index contributed by atoms with van der Waals surface area (Å²) in [5.41, 5.74) is 6.72. The van der Waals surface area contributed by atoms with Gasteiger partial charge in [-0.3, -0.25) is 4.79 Å². The molecule has 0 aliphatic carbocycles. The second kappa shape index (κ2) is 6.67. The zero-order valence-corrected chi connectivity index (χ0v) is 9.39. The maximum absolute atomic E-state index is 10.9. The summed E-state index contributed by atoms with van der Waals surface area (Å²) in [5, 5.41) is 17.8. The minimum atomic E-state index is -0.997. The molecule has 1 aromatic carbocycles. The molecule has 1 atom stereocenters. The van der Waals surface area contributed by atoms with Gasteiger partial charge in [-0.05, 0) is 24.1 Å². The van der Waals surface area contributed by atoms with Crippen molar-refractivity contribution in [2.45, 2.75) is 12.5 Å². The van der Waals surface area contributed by atoms with Gasteiger partial charge in [0.2, 0.25) is 0 Å². The van der Waals surface area contributed by atoms with Crippen molar-refractivity contribution in [2.75, 3.05) is 12.0 Å². The number of aliphatic hydroxyl groups is 1. The molecular weight excluding hydrogens is 220 g/mol. The summed E-state index contributed by atoms with van der Waals surface area (Å²) >= 11 is 0. The zero-order chi connectivity index (χ0) is 12.7. The summed E-state index contributed by atoms with van der Waals surface area (Å²) in [7, 11) is 0. The molecule has 0 aromatic heterocycles. The first-order valence-corrected chi connectivity index (χ1v) is 5.20. The Labute approximate surface area is 99.8 Å². The highest BCUT2D eigenvalue weighted by Gasteiger charge is 2.17. The predicted octanol–water partition coefficient (Wildman–Crippen LogP) is 0.995. The second-order valence-electron chi connectivity index (χ2n) is 3.64. The molecule has 4 N–H and O–H groups in total. The van der Waals surface area contributed by atoms with Crippen LogP contribution in [0.1, 0.15) is 6.42 Å². The van der Waals surface area contributed by atoms with Gasteiger partial charge in [0.15, 0.2) is 0 Å². The van der Waals surface area contributed by atoms with Crippen LogP contribution in [0.25, 0.3) is 0 Å². The Hall–Kier alpha value is -1.85. The first-order chi connectivity index (χ1) is 8.13. The standard InChI is InChI=1S/C12H16N2O3/c1-9(8-15)7-11(12(16)17)14-13-10-5-3-2-4-6-10/h2-6,11,13-15H,1,7-8H2,(H,16,17). The number of carbonyl (C=O) groups is 1. The highest BCUT2D eigenvalue weighted by molar-refractivity contribution is 5.74. The molecular formula is C12H16N2O3. The molecule has 0 amide bonds. The molecule has 0 saturated heterocycles. The van der Waals surface area contributed by atoms with E-state index < -0.39 is 12.0 Å². The van der Waals surface area contributed by atoms with Gasteiger partial charge < -0.3 is 15.6 Å². The highest BCUT2D eigenvalue weighted by atomic mass is 16.4. The molecule has 1 unspecified atom stereocenters. The molecule has 0 spiro atoms. The van der Waals surface area contributed by atoms with Crippen molar-refractivity contribution < 1.29 is 15.0 Å². The number of hydrogen-bond donors (Lipinski definition) is 4. The van der Waals surface area contributed by atoms with Gasteiger partial charge in [0.05, 0.1) is 6.61 Å². The van der Waals surface area contributed by atoms with Crippen LogP contribution in [-0.4, -0.2) is 28.8 Å². The van der Waals surface area contributed by atoms with Crippen LogP contribution in [0.5, 0.6) is 0 Å². The van der Waals surface area contributed by atoms with E-state index in [0.717, 1.165) is 5.69 Å². The molecule has 5 nitrogen and oxygen atoms in total. The highest BCUT2D eigenvalue weighted by Crippen LogP contribution is 2.06. The largest absolute Gasteiger partial charge is 0.480 e. The fourth-order valence-corrected chi connectivity index (χ4v) is 1.25. The summed E-state index contributed by atoms with van der Waals surface area (Å²) in [4.78, 5) is 10.9. The minimum Gasteiger partial charge on any atom is -0.480 e. The second-order valence-corrected chi connectivity index (χ2v) is 3.64. The Morgan fingerprint density at radius 3 is 2.53 bits per heavy atom. The number of carboxylic acids is 1. The first-order valence-electron chi connectivity index (χ1n) is 5.20. The van der Waals surface area contributed by atoms with Crippen LogP contribution < -0.4 is 10.9 Å². The summed E-state index contributed by atoms with van der Waals surface area (Å²) in [6.45, 7) is 3.36. The molecule has 1 aromatic rings. The lowest BCUT2D eigenvalue weighted by atomic mass is 10.1. The van der Waals surface area contributed by atoms with Crippen LogP contribution in [-0.2, 0) is 4.79 Å². The van der Waals surface area contributed by atoms with Gasteiger partial charge >= 0.3 is 5.97 Å². The average Bonchev–Trinajstić information content (AvgIpc) is 2.35. The average molecular weight is 236 g/mol.